The molecule has 2 aromatic heterocycles. The van der Waals surface area contributed by atoms with E-state index in [1.807, 2.05) is 10.9 Å². The van der Waals surface area contributed by atoms with Gasteiger partial charge in [0, 0.05) is 18.3 Å². The third kappa shape index (κ3) is 3.48. The molecule has 104 valence electrons. The third-order valence-corrected chi connectivity index (χ3v) is 5.32. The van der Waals surface area contributed by atoms with Crippen LogP contribution in [-0.2, 0) is 6.54 Å². The van der Waals surface area contributed by atoms with E-state index in [1.54, 1.807) is 11.3 Å². The van der Waals surface area contributed by atoms with E-state index in [0.717, 1.165) is 27.1 Å². The highest BCUT2D eigenvalue weighted by molar-refractivity contribution is 9.12. The first kappa shape index (κ1) is 15.2. The maximum atomic E-state index is 4.38. The number of aryl methyl sites for hydroxylation is 1. The van der Waals surface area contributed by atoms with Gasteiger partial charge in [-0.1, -0.05) is 6.92 Å². The van der Waals surface area contributed by atoms with E-state index in [0.29, 0.717) is 0 Å². The summed E-state index contributed by atoms with van der Waals surface area (Å²) in [6.07, 6.45) is 2.98. The standard InChI is InChI=1S/C13H17Br2N3S/c1-3-6-16-12(9-8-11(14)19-13(9)15)10-5-7-17-18(10)4-2/h5,7-8,12,16H,3-4,6H2,1-2H3. The van der Waals surface area contributed by atoms with Gasteiger partial charge in [-0.05, 0) is 63.9 Å². The minimum Gasteiger partial charge on any atom is -0.305 e. The van der Waals surface area contributed by atoms with Crippen molar-refractivity contribution in [1.29, 1.82) is 0 Å². The lowest BCUT2D eigenvalue weighted by Crippen LogP contribution is -2.25. The molecule has 0 bridgehead atoms. The lowest BCUT2D eigenvalue weighted by Gasteiger charge is -2.19. The topological polar surface area (TPSA) is 29.9 Å². The Labute approximate surface area is 134 Å². The quantitative estimate of drug-likeness (QED) is 0.760. The molecule has 3 nitrogen and oxygen atoms in total. The maximum Gasteiger partial charge on any atom is 0.0768 e. The monoisotopic (exact) mass is 405 g/mol. The zero-order valence-corrected chi connectivity index (χ0v) is 15.0. The Balaban J connectivity index is 2.38. The summed E-state index contributed by atoms with van der Waals surface area (Å²) in [7, 11) is 0. The second-order valence-corrected chi connectivity index (χ2v) is 7.99. The van der Waals surface area contributed by atoms with Crippen LogP contribution >= 0.6 is 43.2 Å². The molecule has 0 aromatic carbocycles. The minimum atomic E-state index is 0.180. The Kier molecular flexibility index (Phi) is 5.62. The zero-order valence-electron chi connectivity index (χ0n) is 11.0. The maximum absolute atomic E-state index is 4.38. The number of halogens is 2. The van der Waals surface area contributed by atoms with Crippen LogP contribution in [0.1, 0.15) is 37.6 Å². The van der Waals surface area contributed by atoms with Gasteiger partial charge in [0.2, 0.25) is 0 Å². The van der Waals surface area contributed by atoms with Gasteiger partial charge in [0.25, 0.3) is 0 Å². The second-order valence-electron chi connectivity index (χ2n) is 4.24. The van der Waals surface area contributed by atoms with Crippen LogP contribution in [0.15, 0.2) is 25.9 Å². The van der Waals surface area contributed by atoms with Crippen LogP contribution in [0.5, 0.6) is 0 Å². The molecule has 0 radical (unpaired) electrons. The van der Waals surface area contributed by atoms with Crippen LogP contribution in [0.25, 0.3) is 0 Å². The van der Waals surface area contributed by atoms with Gasteiger partial charge in [-0.25, -0.2) is 0 Å². The number of nitrogens with one attached hydrogen (secondary N) is 1. The molecule has 0 saturated carbocycles. The van der Waals surface area contributed by atoms with E-state index in [9.17, 15) is 0 Å². The fourth-order valence-corrected chi connectivity index (χ4v) is 4.97. The Hall–Kier alpha value is -0.170. The van der Waals surface area contributed by atoms with E-state index in [1.165, 1.54) is 11.3 Å². The molecular formula is C13H17Br2N3S. The van der Waals surface area contributed by atoms with Gasteiger partial charge >= 0.3 is 0 Å². The molecule has 0 aliphatic carbocycles. The van der Waals surface area contributed by atoms with Crippen molar-refractivity contribution in [3.05, 3.63) is 37.2 Å². The van der Waals surface area contributed by atoms with Crippen LogP contribution in [0.3, 0.4) is 0 Å². The first-order valence-electron chi connectivity index (χ1n) is 6.37. The number of hydrogen-bond donors (Lipinski definition) is 1. The van der Waals surface area contributed by atoms with Crippen molar-refractivity contribution < 1.29 is 0 Å². The molecule has 1 unspecified atom stereocenters. The summed E-state index contributed by atoms with van der Waals surface area (Å²) in [5, 5.41) is 7.99. The van der Waals surface area contributed by atoms with Gasteiger partial charge in [0.05, 0.1) is 19.3 Å². The summed E-state index contributed by atoms with van der Waals surface area (Å²) in [5.41, 5.74) is 2.47. The molecule has 2 rings (SSSR count). The van der Waals surface area contributed by atoms with Crippen LogP contribution < -0.4 is 5.32 Å². The molecule has 0 amide bonds. The van der Waals surface area contributed by atoms with Crippen molar-refractivity contribution in [1.82, 2.24) is 15.1 Å². The van der Waals surface area contributed by atoms with E-state index in [-0.39, 0.29) is 6.04 Å². The average molecular weight is 407 g/mol. The number of thiophene rings is 1. The smallest absolute Gasteiger partial charge is 0.0768 e. The van der Waals surface area contributed by atoms with E-state index >= 15 is 0 Å². The Bertz CT molecular complexity index is 536. The summed E-state index contributed by atoms with van der Waals surface area (Å²) in [6, 6.07) is 4.45. The molecule has 0 fully saturated rings. The lowest BCUT2D eigenvalue weighted by molar-refractivity contribution is 0.529. The van der Waals surface area contributed by atoms with Crippen LogP contribution in [0, 0.1) is 0 Å². The van der Waals surface area contributed by atoms with E-state index < -0.39 is 0 Å². The average Bonchev–Trinajstić information content (AvgIpc) is 2.97. The van der Waals surface area contributed by atoms with E-state index in [2.05, 4.69) is 68.3 Å². The number of hydrogen-bond acceptors (Lipinski definition) is 3. The van der Waals surface area contributed by atoms with Gasteiger partial charge in [-0.2, -0.15) is 5.10 Å². The molecule has 0 aliphatic heterocycles. The Morgan fingerprint density at radius 2 is 2.21 bits per heavy atom. The van der Waals surface area contributed by atoms with Crippen molar-refractivity contribution in [2.45, 2.75) is 32.9 Å². The number of aromatic nitrogens is 2. The first-order valence-corrected chi connectivity index (χ1v) is 8.77. The first-order chi connectivity index (χ1) is 9.17. The summed E-state index contributed by atoms with van der Waals surface area (Å²) < 4.78 is 4.35. The molecule has 0 saturated heterocycles. The Morgan fingerprint density at radius 1 is 1.42 bits per heavy atom. The summed E-state index contributed by atoms with van der Waals surface area (Å²) >= 11 is 8.92. The molecule has 0 spiro atoms. The van der Waals surface area contributed by atoms with Crippen LogP contribution in [0.4, 0.5) is 0 Å². The van der Waals surface area contributed by atoms with Crippen molar-refractivity contribution >= 4 is 43.2 Å². The SMILES string of the molecule is CCCNC(c1cc(Br)sc1Br)c1ccnn1CC. The molecule has 1 N–H and O–H groups in total. The molecule has 0 aliphatic rings. The molecule has 2 heterocycles. The van der Waals surface area contributed by atoms with Crippen molar-refractivity contribution in [2.75, 3.05) is 6.54 Å². The summed E-state index contributed by atoms with van der Waals surface area (Å²) in [5.74, 6) is 0. The highest BCUT2D eigenvalue weighted by Crippen LogP contribution is 2.37. The highest BCUT2D eigenvalue weighted by Gasteiger charge is 2.21. The third-order valence-electron chi connectivity index (χ3n) is 2.94. The minimum absolute atomic E-state index is 0.180. The predicted molar refractivity (Wildman–Crippen MR) is 87.8 cm³/mol. The van der Waals surface area contributed by atoms with Crippen molar-refractivity contribution in [3.8, 4) is 0 Å². The molecule has 6 heteroatoms. The van der Waals surface area contributed by atoms with Crippen molar-refractivity contribution in [2.24, 2.45) is 0 Å². The second kappa shape index (κ2) is 7.02. The predicted octanol–water partition coefficient (Wildman–Crippen LogP) is 4.58. The molecule has 1 atom stereocenters. The molecule has 19 heavy (non-hydrogen) atoms. The summed E-state index contributed by atoms with van der Waals surface area (Å²) in [6.45, 7) is 6.17. The van der Waals surface area contributed by atoms with Crippen LogP contribution in [0.2, 0.25) is 0 Å². The number of nitrogens with zero attached hydrogens (tertiary/aromatic N) is 2. The zero-order chi connectivity index (χ0) is 13.8. The molecular weight excluding hydrogens is 390 g/mol. The lowest BCUT2D eigenvalue weighted by atomic mass is 10.1. The largest absolute Gasteiger partial charge is 0.305 e. The van der Waals surface area contributed by atoms with Crippen LogP contribution in [-0.4, -0.2) is 16.3 Å². The fraction of sp³-hybridized carbons (Fsp3) is 0.462. The van der Waals surface area contributed by atoms with Gasteiger partial charge in [-0.15, -0.1) is 11.3 Å². The Morgan fingerprint density at radius 3 is 2.79 bits per heavy atom. The fourth-order valence-electron chi connectivity index (χ4n) is 2.06. The van der Waals surface area contributed by atoms with Gasteiger partial charge in [-0.3, -0.25) is 4.68 Å². The van der Waals surface area contributed by atoms with Gasteiger partial charge in [0.15, 0.2) is 0 Å². The summed E-state index contributed by atoms with van der Waals surface area (Å²) in [4.78, 5) is 0. The molecule has 2 aromatic rings. The van der Waals surface area contributed by atoms with E-state index in [4.69, 9.17) is 0 Å². The van der Waals surface area contributed by atoms with Gasteiger partial charge in [0.1, 0.15) is 0 Å². The highest BCUT2D eigenvalue weighted by atomic mass is 79.9. The van der Waals surface area contributed by atoms with Gasteiger partial charge < -0.3 is 5.32 Å². The van der Waals surface area contributed by atoms with Crippen molar-refractivity contribution in [3.63, 3.8) is 0 Å². The normalized spacial score (nSPS) is 12.8. The number of rotatable bonds is 6.